The summed E-state index contributed by atoms with van der Waals surface area (Å²) >= 11 is 0. The van der Waals surface area contributed by atoms with Crippen LogP contribution in [-0.4, -0.2) is 36.9 Å². The molecule has 0 aliphatic carbocycles. The topological polar surface area (TPSA) is 83.8 Å². The Morgan fingerprint density at radius 3 is 2.66 bits per heavy atom. The van der Waals surface area contributed by atoms with Gasteiger partial charge in [0.25, 0.3) is 0 Å². The van der Waals surface area contributed by atoms with Gasteiger partial charge in [0.1, 0.15) is 11.5 Å². The Kier molecular flexibility index (Phi) is 7.30. The van der Waals surface area contributed by atoms with Gasteiger partial charge in [-0.05, 0) is 56.6 Å². The lowest BCUT2D eigenvalue weighted by atomic mass is 9.95. The van der Waals surface area contributed by atoms with Gasteiger partial charge in [0.05, 0.1) is 25.6 Å². The van der Waals surface area contributed by atoms with Crippen molar-refractivity contribution in [3.05, 3.63) is 42.4 Å². The predicted molar refractivity (Wildman–Crippen MR) is 112 cm³/mol. The third-order valence-electron chi connectivity index (χ3n) is 5.14. The molecule has 2 amide bonds. The summed E-state index contributed by atoms with van der Waals surface area (Å²) in [4.78, 5) is 26.8. The van der Waals surface area contributed by atoms with Crippen LogP contribution in [0, 0.1) is 5.92 Å². The standard InChI is InChI=1S/C22H29N3O4/c1-3-5-21(26)24-19-8-7-17(14-20(19)28-2)23-22(27)16-9-11-25(12-10-16)15-18-6-4-13-29-18/h4,6-8,13-14,16H,3,5,9-12,15H2,1-2H3,(H,23,27)(H,24,26). The van der Waals surface area contributed by atoms with E-state index in [9.17, 15) is 9.59 Å². The molecule has 0 bridgehead atoms. The molecule has 1 aromatic carbocycles. The van der Waals surface area contributed by atoms with Crippen LogP contribution in [0.4, 0.5) is 11.4 Å². The minimum atomic E-state index is -0.0520. The van der Waals surface area contributed by atoms with Gasteiger partial charge in [0, 0.05) is 24.1 Å². The first-order valence-electron chi connectivity index (χ1n) is 10.1. The molecule has 3 rings (SSSR count). The molecule has 156 valence electrons. The van der Waals surface area contributed by atoms with Gasteiger partial charge in [-0.2, -0.15) is 0 Å². The molecule has 7 nitrogen and oxygen atoms in total. The average Bonchev–Trinajstić information content (AvgIpc) is 3.23. The van der Waals surface area contributed by atoms with Gasteiger partial charge < -0.3 is 19.8 Å². The zero-order chi connectivity index (χ0) is 20.6. The largest absolute Gasteiger partial charge is 0.494 e. The first kappa shape index (κ1) is 20.9. The number of carbonyl (C=O) groups excluding carboxylic acids is 2. The average molecular weight is 399 g/mol. The number of hydrogen-bond donors (Lipinski definition) is 2. The summed E-state index contributed by atoms with van der Waals surface area (Å²) in [6.45, 7) is 4.47. The predicted octanol–water partition coefficient (Wildman–Crippen LogP) is 3.88. The van der Waals surface area contributed by atoms with Crippen molar-refractivity contribution < 1.29 is 18.7 Å². The second-order valence-electron chi connectivity index (χ2n) is 7.33. The number of amides is 2. The number of carbonyl (C=O) groups is 2. The van der Waals surface area contributed by atoms with E-state index >= 15 is 0 Å². The van der Waals surface area contributed by atoms with Gasteiger partial charge in [-0.15, -0.1) is 0 Å². The highest BCUT2D eigenvalue weighted by molar-refractivity contribution is 5.95. The van der Waals surface area contributed by atoms with Crippen LogP contribution in [-0.2, 0) is 16.1 Å². The summed E-state index contributed by atoms with van der Waals surface area (Å²) in [6.07, 6.45) is 4.55. The van der Waals surface area contributed by atoms with Crippen LogP contribution < -0.4 is 15.4 Å². The van der Waals surface area contributed by atoms with Crippen LogP contribution in [0.15, 0.2) is 41.0 Å². The van der Waals surface area contributed by atoms with Crippen molar-refractivity contribution in [2.75, 3.05) is 30.8 Å². The molecular formula is C22H29N3O4. The minimum absolute atomic E-state index is 0.0159. The maximum absolute atomic E-state index is 12.7. The number of furan rings is 1. The quantitative estimate of drug-likeness (QED) is 0.704. The Morgan fingerprint density at radius 2 is 2.00 bits per heavy atom. The second kappa shape index (κ2) is 10.1. The van der Waals surface area contributed by atoms with Gasteiger partial charge in [0.2, 0.25) is 11.8 Å². The van der Waals surface area contributed by atoms with Gasteiger partial charge in [0.15, 0.2) is 0 Å². The van der Waals surface area contributed by atoms with Crippen LogP contribution in [0.1, 0.15) is 38.4 Å². The minimum Gasteiger partial charge on any atom is -0.494 e. The number of hydrogen-bond acceptors (Lipinski definition) is 5. The fourth-order valence-corrected chi connectivity index (χ4v) is 3.53. The molecule has 1 aromatic heterocycles. The number of likely N-dealkylation sites (tertiary alicyclic amines) is 1. The van der Waals surface area contributed by atoms with Crippen molar-refractivity contribution in [1.29, 1.82) is 0 Å². The van der Waals surface area contributed by atoms with Gasteiger partial charge in [-0.25, -0.2) is 0 Å². The monoisotopic (exact) mass is 399 g/mol. The number of nitrogens with one attached hydrogen (secondary N) is 2. The summed E-state index contributed by atoms with van der Waals surface area (Å²) < 4.78 is 10.8. The van der Waals surface area contributed by atoms with E-state index in [2.05, 4.69) is 15.5 Å². The molecule has 2 N–H and O–H groups in total. The first-order valence-corrected chi connectivity index (χ1v) is 10.1. The Balaban J connectivity index is 1.53. The lowest BCUT2D eigenvalue weighted by molar-refractivity contribution is -0.121. The van der Waals surface area contributed by atoms with Crippen molar-refractivity contribution in [3.8, 4) is 5.75 Å². The Bertz CT molecular complexity index is 811. The van der Waals surface area contributed by atoms with Crippen molar-refractivity contribution in [1.82, 2.24) is 4.90 Å². The summed E-state index contributed by atoms with van der Waals surface area (Å²) in [5.74, 6) is 1.43. The van der Waals surface area contributed by atoms with Gasteiger partial charge in [-0.3, -0.25) is 14.5 Å². The Labute approximate surface area is 171 Å². The molecule has 0 spiro atoms. The number of anilines is 2. The first-order chi connectivity index (χ1) is 14.1. The fourth-order valence-electron chi connectivity index (χ4n) is 3.53. The van der Waals surface area contributed by atoms with Crippen LogP contribution >= 0.6 is 0 Å². The van der Waals surface area contributed by atoms with E-state index in [0.717, 1.165) is 44.7 Å². The number of rotatable bonds is 8. The van der Waals surface area contributed by atoms with E-state index in [1.165, 1.54) is 0 Å². The van der Waals surface area contributed by atoms with E-state index in [1.807, 2.05) is 19.1 Å². The summed E-state index contributed by atoms with van der Waals surface area (Å²) in [5, 5.41) is 5.82. The van der Waals surface area contributed by atoms with Crippen molar-refractivity contribution in [2.45, 2.75) is 39.2 Å². The lowest BCUT2D eigenvalue weighted by Crippen LogP contribution is -2.37. The van der Waals surface area contributed by atoms with Crippen LogP contribution in [0.2, 0.25) is 0 Å². The molecule has 0 atom stereocenters. The van der Waals surface area contributed by atoms with E-state index in [4.69, 9.17) is 9.15 Å². The molecule has 1 saturated heterocycles. The van der Waals surface area contributed by atoms with Crippen LogP contribution in [0.3, 0.4) is 0 Å². The molecule has 0 radical (unpaired) electrons. The molecule has 1 aliphatic heterocycles. The molecule has 2 heterocycles. The molecule has 1 aliphatic rings. The normalized spacial score (nSPS) is 15.1. The van der Waals surface area contributed by atoms with Crippen molar-refractivity contribution >= 4 is 23.2 Å². The number of piperidine rings is 1. The number of benzene rings is 1. The second-order valence-corrected chi connectivity index (χ2v) is 7.33. The molecule has 29 heavy (non-hydrogen) atoms. The van der Waals surface area contributed by atoms with Crippen LogP contribution in [0.25, 0.3) is 0 Å². The zero-order valence-electron chi connectivity index (χ0n) is 17.1. The molecular weight excluding hydrogens is 370 g/mol. The fraction of sp³-hybridized carbons (Fsp3) is 0.455. The number of ether oxygens (including phenoxy) is 1. The summed E-state index contributed by atoms with van der Waals surface area (Å²) in [5.41, 5.74) is 1.27. The number of methoxy groups -OCH3 is 1. The molecule has 2 aromatic rings. The van der Waals surface area contributed by atoms with Crippen LogP contribution in [0.5, 0.6) is 5.75 Å². The van der Waals surface area contributed by atoms with E-state index in [-0.39, 0.29) is 17.7 Å². The van der Waals surface area contributed by atoms with Crippen molar-refractivity contribution in [2.24, 2.45) is 5.92 Å². The number of nitrogens with zero attached hydrogens (tertiary/aromatic N) is 1. The van der Waals surface area contributed by atoms with Gasteiger partial charge in [-0.1, -0.05) is 6.92 Å². The highest BCUT2D eigenvalue weighted by Crippen LogP contribution is 2.29. The lowest BCUT2D eigenvalue weighted by Gasteiger charge is -2.30. The summed E-state index contributed by atoms with van der Waals surface area (Å²) in [7, 11) is 1.55. The molecule has 0 unspecified atom stereocenters. The van der Waals surface area contributed by atoms with E-state index in [0.29, 0.717) is 23.5 Å². The highest BCUT2D eigenvalue weighted by atomic mass is 16.5. The third kappa shape index (κ3) is 5.84. The maximum Gasteiger partial charge on any atom is 0.227 e. The summed E-state index contributed by atoms with van der Waals surface area (Å²) in [6, 6.07) is 9.15. The van der Waals surface area contributed by atoms with Gasteiger partial charge >= 0.3 is 0 Å². The smallest absolute Gasteiger partial charge is 0.227 e. The third-order valence-corrected chi connectivity index (χ3v) is 5.14. The SMILES string of the molecule is CCCC(=O)Nc1ccc(NC(=O)C2CCN(Cc3ccco3)CC2)cc1OC. The zero-order valence-corrected chi connectivity index (χ0v) is 17.1. The molecule has 1 fully saturated rings. The van der Waals surface area contributed by atoms with E-state index < -0.39 is 0 Å². The maximum atomic E-state index is 12.7. The van der Waals surface area contributed by atoms with E-state index in [1.54, 1.807) is 31.6 Å². The Morgan fingerprint density at radius 1 is 1.21 bits per heavy atom. The Hall–Kier alpha value is -2.80. The molecule has 0 saturated carbocycles. The highest BCUT2D eigenvalue weighted by Gasteiger charge is 2.25. The molecule has 7 heteroatoms. The van der Waals surface area contributed by atoms with Crippen molar-refractivity contribution in [3.63, 3.8) is 0 Å².